The van der Waals surface area contributed by atoms with Crippen LogP contribution in [0.15, 0.2) is 0 Å². The summed E-state index contributed by atoms with van der Waals surface area (Å²) in [7, 11) is 0. The number of carbonyl (C=O) groups excluding carboxylic acids is 1. The summed E-state index contributed by atoms with van der Waals surface area (Å²) in [6.07, 6.45) is 0. The largest absolute Gasteiger partial charge is 0.430 e. The van der Waals surface area contributed by atoms with Crippen LogP contribution in [-0.2, 0) is 8.98 Å². The van der Waals surface area contributed by atoms with E-state index in [4.69, 9.17) is 0 Å². The second-order valence-electron chi connectivity index (χ2n) is 2.36. The molecule has 47 valence electrons. The molecule has 0 aromatic heterocycles. The summed E-state index contributed by atoms with van der Waals surface area (Å²) in [5.41, 5.74) is 0. The van der Waals surface area contributed by atoms with Gasteiger partial charge in [-0.05, 0) is 20.8 Å². The van der Waals surface area contributed by atoms with Gasteiger partial charge in [-0.25, -0.2) is 4.79 Å². The lowest BCUT2D eigenvalue weighted by molar-refractivity contribution is 0.469. The summed E-state index contributed by atoms with van der Waals surface area (Å²) < 4.78 is 4.29. The second kappa shape index (κ2) is 2.97. The first-order valence-corrected chi connectivity index (χ1v) is 3.02. The van der Waals surface area contributed by atoms with Crippen molar-refractivity contribution >= 4 is 18.5 Å². The molecule has 0 aromatic carbocycles. The lowest BCUT2D eigenvalue weighted by Crippen LogP contribution is -2.07. The molecule has 0 heterocycles. The molecule has 0 aromatic rings. The van der Waals surface area contributed by atoms with E-state index in [0.717, 1.165) is 12.0 Å². The number of hydrogen-bond acceptors (Lipinski definition) is 3. The summed E-state index contributed by atoms with van der Waals surface area (Å²) in [5, 5.41) is 0. The Morgan fingerprint density at radius 2 is 2.00 bits per heavy atom. The van der Waals surface area contributed by atoms with Gasteiger partial charge in [-0.3, -0.25) is 0 Å². The van der Waals surface area contributed by atoms with Crippen molar-refractivity contribution in [3.8, 4) is 0 Å². The zero-order valence-electron chi connectivity index (χ0n) is 5.22. The van der Waals surface area contributed by atoms with Crippen molar-refractivity contribution in [2.45, 2.75) is 25.5 Å². The number of hydrogen-bond donors (Lipinski definition) is 0. The van der Waals surface area contributed by atoms with Crippen molar-refractivity contribution in [1.29, 1.82) is 0 Å². The van der Waals surface area contributed by atoms with E-state index in [1.54, 1.807) is 0 Å². The molecule has 0 aliphatic heterocycles. The molecule has 8 heavy (non-hydrogen) atoms. The summed E-state index contributed by atoms with van der Waals surface area (Å²) in [4.78, 5) is 9.48. The fraction of sp³-hybridized carbons (Fsp3) is 0.800. The quantitative estimate of drug-likeness (QED) is 0.534. The Morgan fingerprint density at radius 1 is 1.50 bits per heavy atom. The van der Waals surface area contributed by atoms with Gasteiger partial charge in [-0.15, -0.1) is 0 Å². The van der Waals surface area contributed by atoms with Gasteiger partial charge in [-0.1, -0.05) is 0 Å². The van der Waals surface area contributed by atoms with Crippen molar-refractivity contribution in [2.75, 3.05) is 0 Å². The minimum absolute atomic E-state index is 0.0165. The van der Waals surface area contributed by atoms with E-state index in [9.17, 15) is 4.79 Å². The van der Waals surface area contributed by atoms with Crippen LogP contribution in [0.1, 0.15) is 20.8 Å². The van der Waals surface area contributed by atoms with Crippen LogP contribution in [0.4, 0.5) is 0 Å². The summed E-state index contributed by atoms with van der Waals surface area (Å²) >= 11 is 1.11. The highest BCUT2D eigenvalue weighted by Gasteiger charge is 2.11. The average Bonchev–Trinajstić information content (AvgIpc) is 1.59. The Hall–Kier alpha value is -0.180. The average molecular weight is 133 g/mol. The van der Waals surface area contributed by atoms with Crippen LogP contribution in [0, 0.1) is 0 Å². The maximum absolute atomic E-state index is 9.48. The molecule has 2 nitrogen and oxygen atoms in total. The maximum Gasteiger partial charge on any atom is 0.430 e. The van der Waals surface area contributed by atoms with Crippen LogP contribution >= 0.6 is 12.0 Å². The van der Waals surface area contributed by atoms with Gasteiger partial charge in [0.1, 0.15) is 0 Å². The lowest BCUT2D eigenvalue weighted by Gasteiger charge is -2.11. The van der Waals surface area contributed by atoms with Crippen LogP contribution in [0.2, 0.25) is 0 Å². The lowest BCUT2D eigenvalue weighted by atomic mass is 10.3. The summed E-state index contributed by atoms with van der Waals surface area (Å²) in [5.74, 6) is 0. The molecule has 0 unspecified atom stereocenters. The zero-order valence-corrected chi connectivity index (χ0v) is 6.04. The van der Waals surface area contributed by atoms with E-state index in [0.29, 0.717) is 0 Å². The Bertz CT molecular complexity index is 75.0. The minimum Gasteiger partial charge on any atom is -0.382 e. The number of rotatable bonds is 2. The van der Waals surface area contributed by atoms with Crippen LogP contribution in [0.3, 0.4) is 0 Å². The molecule has 0 saturated heterocycles. The van der Waals surface area contributed by atoms with E-state index < -0.39 is 0 Å². The molecular weight excluding hydrogens is 124 g/mol. The summed E-state index contributed by atoms with van der Waals surface area (Å²) in [6.45, 7) is 7.20. The Kier molecular flexibility index (Phi) is 2.90. The standard InChI is InChI=1S/C5H9O2S/c1-5(2,3)8-7-4-6/h1-3H3. The molecule has 0 spiro atoms. The first-order chi connectivity index (χ1) is 3.56. The third-order valence-electron chi connectivity index (χ3n) is 0.326. The fourth-order valence-electron chi connectivity index (χ4n) is 0.142. The topological polar surface area (TPSA) is 26.3 Å². The molecule has 0 saturated carbocycles. The first-order valence-electron chi connectivity index (χ1n) is 2.28. The predicted octanol–water partition coefficient (Wildman–Crippen LogP) is 1.52. The molecule has 0 amide bonds. The minimum atomic E-state index is -0.0165. The molecule has 0 atom stereocenters. The summed E-state index contributed by atoms with van der Waals surface area (Å²) in [6, 6.07) is 0. The van der Waals surface area contributed by atoms with Crippen molar-refractivity contribution in [3.63, 3.8) is 0 Å². The molecule has 0 fully saturated rings. The third kappa shape index (κ3) is 5.82. The normalized spacial score (nSPS) is 10.9. The Balaban J connectivity index is 3.24. The van der Waals surface area contributed by atoms with Crippen molar-refractivity contribution < 1.29 is 8.98 Å². The molecule has 3 heteroatoms. The van der Waals surface area contributed by atoms with E-state index >= 15 is 0 Å². The van der Waals surface area contributed by atoms with E-state index in [2.05, 4.69) is 4.18 Å². The van der Waals surface area contributed by atoms with E-state index in [-0.39, 0.29) is 4.75 Å². The van der Waals surface area contributed by atoms with E-state index in [1.165, 1.54) is 6.47 Å². The SMILES string of the molecule is CC(C)(C)SO[C]=O. The molecule has 1 radical (unpaired) electrons. The fourth-order valence-corrected chi connectivity index (χ4v) is 0.426. The van der Waals surface area contributed by atoms with Gasteiger partial charge in [0.2, 0.25) is 0 Å². The van der Waals surface area contributed by atoms with Crippen LogP contribution < -0.4 is 0 Å². The molecular formula is C5H9O2S. The predicted molar refractivity (Wildman–Crippen MR) is 34.1 cm³/mol. The van der Waals surface area contributed by atoms with Crippen LogP contribution in [0.25, 0.3) is 0 Å². The third-order valence-corrected chi connectivity index (χ3v) is 0.977. The van der Waals surface area contributed by atoms with Gasteiger partial charge in [-0.2, -0.15) is 0 Å². The van der Waals surface area contributed by atoms with Crippen molar-refractivity contribution in [3.05, 3.63) is 0 Å². The van der Waals surface area contributed by atoms with E-state index in [1.807, 2.05) is 20.8 Å². The Labute approximate surface area is 53.8 Å². The van der Waals surface area contributed by atoms with Crippen molar-refractivity contribution in [1.82, 2.24) is 0 Å². The van der Waals surface area contributed by atoms with Gasteiger partial charge in [0, 0.05) is 4.75 Å². The van der Waals surface area contributed by atoms with Gasteiger partial charge in [0.05, 0.1) is 12.0 Å². The van der Waals surface area contributed by atoms with Crippen LogP contribution in [-0.4, -0.2) is 11.2 Å². The highest BCUT2D eigenvalue weighted by molar-refractivity contribution is 7.96. The van der Waals surface area contributed by atoms with Crippen molar-refractivity contribution in [2.24, 2.45) is 0 Å². The Morgan fingerprint density at radius 3 is 2.12 bits per heavy atom. The highest BCUT2D eigenvalue weighted by Crippen LogP contribution is 2.22. The highest BCUT2D eigenvalue weighted by atomic mass is 32.2. The maximum atomic E-state index is 9.48. The molecule has 0 N–H and O–H groups in total. The molecule has 0 rings (SSSR count). The smallest absolute Gasteiger partial charge is 0.382 e. The van der Waals surface area contributed by atoms with Gasteiger partial charge >= 0.3 is 6.47 Å². The van der Waals surface area contributed by atoms with Gasteiger partial charge in [0.15, 0.2) is 0 Å². The zero-order chi connectivity index (χ0) is 6.62. The van der Waals surface area contributed by atoms with Crippen LogP contribution in [0.5, 0.6) is 0 Å². The van der Waals surface area contributed by atoms with Gasteiger partial charge < -0.3 is 4.18 Å². The first kappa shape index (κ1) is 7.82. The molecule has 0 aliphatic rings. The second-order valence-corrected chi connectivity index (χ2v) is 3.92. The van der Waals surface area contributed by atoms with Gasteiger partial charge in [0.25, 0.3) is 0 Å². The monoisotopic (exact) mass is 133 g/mol. The molecule has 0 bridgehead atoms. The molecule has 0 aliphatic carbocycles.